The van der Waals surface area contributed by atoms with Crippen molar-refractivity contribution in [3.63, 3.8) is 0 Å². The molecule has 0 unspecified atom stereocenters. The van der Waals surface area contributed by atoms with E-state index >= 15 is 0 Å². The summed E-state index contributed by atoms with van der Waals surface area (Å²) in [5.41, 5.74) is 2.95. The van der Waals surface area contributed by atoms with E-state index in [0.29, 0.717) is 25.3 Å². The standard InChI is InChI=1S/C25H35N3O3/c1-4-5-7-20-9-11-21(12-10-20)25(30)27(16-17-31-3)19-24(29)28(22-13-14-22)18-23-8-6-15-26(23)2/h6,8-12,15,22H,4-5,7,13-14,16-19H2,1-3H3. The van der Waals surface area contributed by atoms with Crippen LogP contribution in [0.2, 0.25) is 0 Å². The molecule has 0 aliphatic heterocycles. The molecule has 2 aromatic rings. The third-order valence-electron chi connectivity index (χ3n) is 5.89. The molecule has 168 valence electrons. The van der Waals surface area contributed by atoms with Crippen molar-refractivity contribution >= 4 is 11.8 Å². The second-order valence-electron chi connectivity index (χ2n) is 8.38. The summed E-state index contributed by atoms with van der Waals surface area (Å²) in [6.45, 7) is 3.60. The molecule has 6 heteroatoms. The Morgan fingerprint density at radius 3 is 2.48 bits per heavy atom. The number of hydrogen-bond donors (Lipinski definition) is 0. The molecule has 0 spiro atoms. The van der Waals surface area contributed by atoms with E-state index in [1.807, 2.05) is 59.1 Å². The van der Waals surface area contributed by atoms with E-state index in [1.54, 1.807) is 12.0 Å². The third-order valence-corrected chi connectivity index (χ3v) is 5.89. The van der Waals surface area contributed by atoms with Gasteiger partial charge < -0.3 is 19.1 Å². The first-order chi connectivity index (χ1) is 15.0. The van der Waals surface area contributed by atoms with Gasteiger partial charge in [-0.1, -0.05) is 25.5 Å². The minimum absolute atomic E-state index is 0.00674. The highest BCUT2D eigenvalue weighted by Crippen LogP contribution is 2.28. The Morgan fingerprint density at radius 2 is 1.90 bits per heavy atom. The molecule has 2 amide bonds. The Morgan fingerprint density at radius 1 is 1.16 bits per heavy atom. The number of benzene rings is 1. The average molecular weight is 426 g/mol. The van der Waals surface area contributed by atoms with Crippen LogP contribution in [0.3, 0.4) is 0 Å². The first kappa shape index (κ1) is 23.1. The fourth-order valence-corrected chi connectivity index (χ4v) is 3.73. The quantitative estimate of drug-likeness (QED) is 0.522. The van der Waals surface area contributed by atoms with Crippen molar-refractivity contribution in [2.45, 2.75) is 51.6 Å². The highest BCUT2D eigenvalue weighted by molar-refractivity contribution is 5.96. The van der Waals surface area contributed by atoms with Crippen molar-refractivity contribution in [2.75, 3.05) is 26.8 Å². The largest absolute Gasteiger partial charge is 0.383 e. The van der Waals surface area contributed by atoms with Crippen molar-refractivity contribution in [3.8, 4) is 0 Å². The molecular formula is C25H35N3O3. The van der Waals surface area contributed by atoms with Crippen molar-refractivity contribution < 1.29 is 14.3 Å². The van der Waals surface area contributed by atoms with Crippen LogP contribution >= 0.6 is 0 Å². The predicted molar refractivity (Wildman–Crippen MR) is 122 cm³/mol. The number of hydrogen-bond acceptors (Lipinski definition) is 3. The number of unbranched alkanes of at least 4 members (excludes halogenated alkanes) is 1. The zero-order valence-corrected chi connectivity index (χ0v) is 19.0. The van der Waals surface area contributed by atoms with Gasteiger partial charge in [0.1, 0.15) is 6.54 Å². The van der Waals surface area contributed by atoms with Gasteiger partial charge in [0.05, 0.1) is 13.2 Å². The fraction of sp³-hybridized carbons (Fsp3) is 0.520. The van der Waals surface area contributed by atoms with Crippen LogP contribution < -0.4 is 0 Å². The topological polar surface area (TPSA) is 54.8 Å². The van der Waals surface area contributed by atoms with Gasteiger partial charge >= 0.3 is 0 Å². The van der Waals surface area contributed by atoms with E-state index in [2.05, 4.69) is 6.92 Å². The summed E-state index contributed by atoms with van der Waals surface area (Å²) in [5, 5.41) is 0. The molecule has 1 saturated carbocycles. The summed E-state index contributed by atoms with van der Waals surface area (Å²) >= 11 is 0. The highest BCUT2D eigenvalue weighted by atomic mass is 16.5. The van der Waals surface area contributed by atoms with Crippen LogP contribution in [0.1, 0.15) is 54.2 Å². The molecule has 1 aromatic heterocycles. The van der Waals surface area contributed by atoms with Crippen LogP contribution in [0.5, 0.6) is 0 Å². The van der Waals surface area contributed by atoms with Crippen LogP contribution in [0.25, 0.3) is 0 Å². The molecule has 0 atom stereocenters. The Bertz CT molecular complexity index is 855. The van der Waals surface area contributed by atoms with E-state index in [1.165, 1.54) is 5.56 Å². The number of carbonyl (C=O) groups excluding carboxylic acids is 2. The van der Waals surface area contributed by atoms with Gasteiger partial charge in [-0.3, -0.25) is 9.59 Å². The van der Waals surface area contributed by atoms with E-state index in [4.69, 9.17) is 4.74 Å². The monoisotopic (exact) mass is 425 g/mol. The lowest BCUT2D eigenvalue weighted by Gasteiger charge is -2.28. The maximum absolute atomic E-state index is 13.2. The molecule has 6 nitrogen and oxygen atoms in total. The van der Waals surface area contributed by atoms with Crippen LogP contribution in [0.4, 0.5) is 0 Å². The number of methoxy groups -OCH3 is 1. The van der Waals surface area contributed by atoms with Gasteiger partial charge in [-0.15, -0.1) is 0 Å². The molecule has 1 fully saturated rings. The molecule has 1 aromatic carbocycles. The van der Waals surface area contributed by atoms with E-state index in [-0.39, 0.29) is 24.4 Å². The molecule has 1 aliphatic carbocycles. The van der Waals surface area contributed by atoms with E-state index < -0.39 is 0 Å². The predicted octanol–water partition coefficient (Wildman–Crippen LogP) is 3.65. The highest BCUT2D eigenvalue weighted by Gasteiger charge is 2.34. The Kier molecular flexibility index (Phi) is 8.29. The first-order valence-corrected chi connectivity index (χ1v) is 11.3. The van der Waals surface area contributed by atoms with Gasteiger partial charge in [0, 0.05) is 44.2 Å². The van der Waals surface area contributed by atoms with Crippen molar-refractivity contribution in [1.82, 2.24) is 14.4 Å². The van der Waals surface area contributed by atoms with Gasteiger partial charge in [0.15, 0.2) is 0 Å². The van der Waals surface area contributed by atoms with Crippen LogP contribution in [0, 0.1) is 0 Å². The normalized spacial score (nSPS) is 13.3. The van der Waals surface area contributed by atoms with E-state index in [0.717, 1.165) is 37.8 Å². The number of rotatable bonds is 12. The number of nitrogens with zero attached hydrogens (tertiary/aromatic N) is 3. The van der Waals surface area contributed by atoms with Gasteiger partial charge in [-0.2, -0.15) is 0 Å². The maximum Gasteiger partial charge on any atom is 0.254 e. The van der Waals surface area contributed by atoms with Gasteiger partial charge in [0.25, 0.3) is 5.91 Å². The number of ether oxygens (including phenoxy) is 1. The summed E-state index contributed by atoms with van der Waals surface area (Å²) < 4.78 is 7.24. The summed E-state index contributed by atoms with van der Waals surface area (Å²) in [5.74, 6) is -0.130. The molecule has 1 aliphatic rings. The lowest BCUT2D eigenvalue weighted by molar-refractivity contribution is -0.133. The molecule has 0 N–H and O–H groups in total. The van der Waals surface area contributed by atoms with Gasteiger partial charge in [-0.25, -0.2) is 0 Å². The second-order valence-corrected chi connectivity index (χ2v) is 8.38. The molecular weight excluding hydrogens is 390 g/mol. The smallest absolute Gasteiger partial charge is 0.254 e. The SMILES string of the molecule is CCCCc1ccc(C(=O)N(CCOC)CC(=O)N(Cc2cccn2C)C2CC2)cc1. The lowest BCUT2D eigenvalue weighted by Crippen LogP contribution is -2.44. The molecule has 31 heavy (non-hydrogen) atoms. The minimum Gasteiger partial charge on any atom is -0.383 e. The Labute approximate surface area is 185 Å². The summed E-state index contributed by atoms with van der Waals surface area (Å²) in [7, 11) is 3.60. The van der Waals surface area contributed by atoms with Crippen LogP contribution in [-0.4, -0.2) is 59.0 Å². The molecule has 0 saturated heterocycles. The van der Waals surface area contributed by atoms with E-state index in [9.17, 15) is 9.59 Å². The van der Waals surface area contributed by atoms with Crippen molar-refractivity contribution in [1.29, 1.82) is 0 Å². The van der Waals surface area contributed by atoms with Crippen LogP contribution in [0.15, 0.2) is 42.6 Å². The van der Waals surface area contributed by atoms with Gasteiger partial charge in [0.2, 0.25) is 5.91 Å². The number of amides is 2. The summed E-state index contributed by atoms with van der Waals surface area (Å²) in [6.07, 6.45) is 7.35. The minimum atomic E-state index is -0.123. The van der Waals surface area contributed by atoms with Crippen LogP contribution in [-0.2, 0) is 29.5 Å². The molecule has 1 heterocycles. The number of carbonyl (C=O) groups is 2. The zero-order chi connectivity index (χ0) is 22.2. The molecule has 3 rings (SSSR count). The zero-order valence-electron chi connectivity index (χ0n) is 19.0. The maximum atomic E-state index is 13.2. The van der Waals surface area contributed by atoms with Crippen molar-refractivity contribution in [3.05, 3.63) is 59.4 Å². The third kappa shape index (κ3) is 6.44. The second kappa shape index (κ2) is 11.1. The van der Waals surface area contributed by atoms with Gasteiger partial charge in [-0.05, 0) is 55.5 Å². The summed E-state index contributed by atoms with van der Waals surface area (Å²) in [6, 6.07) is 12.1. The van der Waals surface area contributed by atoms with Crippen molar-refractivity contribution in [2.24, 2.45) is 7.05 Å². The molecule has 0 bridgehead atoms. The lowest BCUT2D eigenvalue weighted by atomic mass is 10.1. The average Bonchev–Trinajstić information content (AvgIpc) is 3.54. The number of aromatic nitrogens is 1. The fourth-order valence-electron chi connectivity index (χ4n) is 3.73. The Hall–Kier alpha value is -2.60. The number of aryl methyl sites for hydroxylation is 2. The Balaban J connectivity index is 1.69. The first-order valence-electron chi connectivity index (χ1n) is 11.3. The molecule has 0 radical (unpaired) electrons. The summed E-state index contributed by atoms with van der Waals surface area (Å²) in [4.78, 5) is 30.0.